The molecule has 0 amide bonds. The van der Waals surface area contributed by atoms with Crippen molar-refractivity contribution in [1.82, 2.24) is 10.2 Å². The highest BCUT2D eigenvalue weighted by molar-refractivity contribution is 5.38. The average Bonchev–Trinajstić information content (AvgIpc) is 2.87. The van der Waals surface area contributed by atoms with Gasteiger partial charge < -0.3 is 10.1 Å². The fourth-order valence-corrected chi connectivity index (χ4v) is 3.31. The number of ether oxygens (including phenoxy) is 1. The Labute approximate surface area is 109 Å². The first kappa shape index (κ1) is 12.0. The number of hydrogen-bond acceptors (Lipinski definition) is 3. The number of likely N-dealkylation sites (N-methyl/N-ethyl adjacent to an activating group) is 1. The van der Waals surface area contributed by atoms with Gasteiger partial charge in [0, 0.05) is 36.7 Å². The zero-order valence-corrected chi connectivity index (χ0v) is 11.2. The fourth-order valence-electron chi connectivity index (χ4n) is 3.31. The Morgan fingerprint density at radius 2 is 2.17 bits per heavy atom. The van der Waals surface area contributed by atoms with Crippen molar-refractivity contribution in [2.45, 2.75) is 25.4 Å². The molecule has 0 spiro atoms. The van der Waals surface area contributed by atoms with E-state index >= 15 is 0 Å². The van der Waals surface area contributed by atoms with Crippen LogP contribution in [-0.4, -0.2) is 37.7 Å². The van der Waals surface area contributed by atoms with Crippen molar-refractivity contribution in [2.75, 3.05) is 26.7 Å². The summed E-state index contributed by atoms with van der Waals surface area (Å²) in [7, 11) is 2.07. The molecule has 0 radical (unpaired) electrons. The van der Waals surface area contributed by atoms with E-state index in [9.17, 15) is 0 Å². The van der Waals surface area contributed by atoms with E-state index in [-0.39, 0.29) is 0 Å². The van der Waals surface area contributed by atoms with Crippen molar-refractivity contribution in [2.24, 2.45) is 5.92 Å². The van der Waals surface area contributed by atoms with Crippen LogP contribution in [0.2, 0.25) is 0 Å². The number of nitrogens with one attached hydrogen (secondary N) is 1. The predicted octanol–water partition coefficient (Wildman–Crippen LogP) is 2.05. The zero-order valence-electron chi connectivity index (χ0n) is 11.2. The van der Waals surface area contributed by atoms with Crippen LogP contribution in [0.4, 0.5) is 0 Å². The molecule has 0 saturated carbocycles. The Hall–Kier alpha value is -1.06. The molecular weight excluding hydrogens is 224 g/mol. The Balaban J connectivity index is 1.87. The summed E-state index contributed by atoms with van der Waals surface area (Å²) in [6.45, 7) is 5.48. The van der Waals surface area contributed by atoms with Gasteiger partial charge >= 0.3 is 0 Å². The second-order valence-corrected chi connectivity index (χ2v) is 5.54. The molecular formula is C15H22N2O. The molecule has 1 saturated heterocycles. The summed E-state index contributed by atoms with van der Waals surface area (Å²) in [6, 6.07) is 9.67. The minimum absolute atomic E-state index is 0.522. The summed E-state index contributed by atoms with van der Waals surface area (Å²) >= 11 is 0. The molecule has 1 aromatic carbocycles. The van der Waals surface area contributed by atoms with Crippen LogP contribution in [0.5, 0.6) is 5.75 Å². The lowest BCUT2D eigenvalue weighted by molar-refractivity contribution is 0.107. The molecule has 1 aromatic rings. The largest absolute Gasteiger partial charge is 0.493 e. The summed E-state index contributed by atoms with van der Waals surface area (Å²) in [6.07, 6.45) is 1.25. The number of hydrogen-bond donors (Lipinski definition) is 1. The number of para-hydroxylation sites is 1. The normalized spacial score (nSPS) is 32.0. The van der Waals surface area contributed by atoms with Gasteiger partial charge in [0.1, 0.15) is 5.75 Å². The third-order valence-electron chi connectivity index (χ3n) is 4.30. The van der Waals surface area contributed by atoms with Crippen LogP contribution in [-0.2, 0) is 0 Å². The first-order chi connectivity index (χ1) is 8.79. The lowest BCUT2D eigenvalue weighted by atomic mass is 9.91. The summed E-state index contributed by atoms with van der Waals surface area (Å²) < 4.78 is 5.84. The third-order valence-corrected chi connectivity index (χ3v) is 4.30. The highest BCUT2D eigenvalue weighted by Crippen LogP contribution is 2.40. The van der Waals surface area contributed by atoms with Gasteiger partial charge in [0.15, 0.2) is 0 Å². The van der Waals surface area contributed by atoms with E-state index < -0.39 is 0 Å². The van der Waals surface area contributed by atoms with Crippen molar-refractivity contribution < 1.29 is 4.74 Å². The fraction of sp³-hybridized carbons (Fsp3) is 0.600. The Morgan fingerprint density at radius 3 is 2.94 bits per heavy atom. The molecule has 3 rings (SSSR count). The minimum Gasteiger partial charge on any atom is -0.493 e. The molecule has 3 unspecified atom stereocenters. The molecule has 2 aliphatic rings. The van der Waals surface area contributed by atoms with Crippen molar-refractivity contribution in [1.29, 1.82) is 0 Å². The second-order valence-electron chi connectivity index (χ2n) is 5.54. The molecule has 3 atom stereocenters. The second kappa shape index (κ2) is 4.90. The summed E-state index contributed by atoms with van der Waals surface area (Å²) in [5.41, 5.74) is 1.37. The van der Waals surface area contributed by atoms with Crippen LogP contribution >= 0.6 is 0 Å². The first-order valence-electron chi connectivity index (χ1n) is 6.92. The van der Waals surface area contributed by atoms with Crippen molar-refractivity contribution in [3.63, 3.8) is 0 Å². The third kappa shape index (κ3) is 2.02. The number of likely N-dealkylation sites (tertiary alicyclic amines) is 1. The standard InChI is InChI=1S/C15H22N2O/c1-11-10-18-14-6-4-3-5-13(14)15(11)17-8-7-12(9-17)16-2/h3-6,11-12,15-16H,7-10H2,1-2H3. The smallest absolute Gasteiger partial charge is 0.124 e. The van der Waals surface area contributed by atoms with E-state index in [0.29, 0.717) is 18.0 Å². The van der Waals surface area contributed by atoms with E-state index in [1.165, 1.54) is 18.5 Å². The molecule has 0 aliphatic carbocycles. The number of nitrogens with zero attached hydrogens (tertiary/aromatic N) is 1. The lowest BCUT2D eigenvalue weighted by Crippen LogP contribution is -2.38. The van der Waals surface area contributed by atoms with Gasteiger partial charge in [-0.3, -0.25) is 4.90 Å². The quantitative estimate of drug-likeness (QED) is 0.864. The summed E-state index contributed by atoms with van der Waals surface area (Å²) in [4.78, 5) is 2.62. The van der Waals surface area contributed by atoms with Gasteiger partial charge in [0.25, 0.3) is 0 Å². The van der Waals surface area contributed by atoms with Gasteiger partial charge in [-0.15, -0.1) is 0 Å². The van der Waals surface area contributed by atoms with Crippen LogP contribution in [0.3, 0.4) is 0 Å². The average molecular weight is 246 g/mol. The maximum absolute atomic E-state index is 5.84. The molecule has 2 heterocycles. The number of fused-ring (bicyclic) bond motifs is 1. The first-order valence-corrected chi connectivity index (χ1v) is 6.92. The predicted molar refractivity (Wildman–Crippen MR) is 72.9 cm³/mol. The van der Waals surface area contributed by atoms with Crippen LogP contribution < -0.4 is 10.1 Å². The number of rotatable bonds is 2. The zero-order chi connectivity index (χ0) is 12.5. The molecule has 1 fully saturated rings. The van der Waals surface area contributed by atoms with Gasteiger partial charge in [-0.05, 0) is 19.5 Å². The molecule has 18 heavy (non-hydrogen) atoms. The molecule has 0 bridgehead atoms. The van der Waals surface area contributed by atoms with Crippen molar-refractivity contribution in [3.8, 4) is 5.75 Å². The van der Waals surface area contributed by atoms with Crippen LogP contribution in [0.1, 0.15) is 24.9 Å². The van der Waals surface area contributed by atoms with Crippen molar-refractivity contribution in [3.05, 3.63) is 29.8 Å². The molecule has 98 valence electrons. The highest BCUT2D eigenvalue weighted by atomic mass is 16.5. The van der Waals surface area contributed by atoms with E-state index in [1.54, 1.807) is 0 Å². The lowest BCUT2D eigenvalue weighted by Gasteiger charge is -2.37. The molecule has 0 aromatic heterocycles. The molecule has 3 heteroatoms. The van der Waals surface area contributed by atoms with Crippen molar-refractivity contribution >= 4 is 0 Å². The van der Waals surface area contributed by atoms with Gasteiger partial charge in [-0.2, -0.15) is 0 Å². The maximum Gasteiger partial charge on any atom is 0.124 e. The Morgan fingerprint density at radius 1 is 1.33 bits per heavy atom. The van der Waals surface area contributed by atoms with E-state index in [0.717, 1.165) is 18.9 Å². The van der Waals surface area contributed by atoms with Gasteiger partial charge in [-0.25, -0.2) is 0 Å². The number of benzene rings is 1. The summed E-state index contributed by atoms with van der Waals surface area (Å²) in [5.74, 6) is 1.64. The highest BCUT2D eigenvalue weighted by Gasteiger charge is 2.35. The topological polar surface area (TPSA) is 24.5 Å². The van der Waals surface area contributed by atoms with Gasteiger partial charge in [0.2, 0.25) is 0 Å². The van der Waals surface area contributed by atoms with Crippen LogP contribution in [0.15, 0.2) is 24.3 Å². The monoisotopic (exact) mass is 246 g/mol. The van der Waals surface area contributed by atoms with Gasteiger partial charge in [0.05, 0.1) is 6.61 Å². The SMILES string of the molecule is CNC1CCN(C2c3ccccc3OCC2C)C1. The minimum atomic E-state index is 0.522. The van der Waals surface area contributed by atoms with Gasteiger partial charge in [-0.1, -0.05) is 25.1 Å². The van der Waals surface area contributed by atoms with E-state index in [2.05, 4.69) is 48.5 Å². The molecule has 1 N–H and O–H groups in total. The van der Waals surface area contributed by atoms with Crippen LogP contribution in [0, 0.1) is 5.92 Å². The molecule has 3 nitrogen and oxygen atoms in total. The van der Waals surface area contributed by atoms with Crippen LogP contribution in [0.25, 0.3) is 0 Å². The summed E-state index contributed by atoms with van der Waals surface area (Å²) in [5, 5.41) is 3.40. The maximum atomic E-state index is 5.84. The molecule has 2 aliphatic heterocycles. The Bertz CT molecular complexity index is 421. The van der Waals surface area contributed by atoms with E-state index in [1.807, 2.05) is 0 Å². The van der Waals surface area contributed by atoms with E-state index in [4.69, 9.17) is 4.74 Å². The Kier molecular flexibility index (Phi) is 3.27.